The molecule has 1 aromatic heterocycles. The van der Waals surface area contributed by atoms with Gasteiger partial charge in [-0.2, -0.15) is 18.2 Å². The SMILES string of the molecule is Cc1ccc(Nc2cc(C(F)(F)F)nc(NCCCN(C)C)n2)c(Cl)c1. The number of aromatic nitrogens is 2. The molecule has 0 atom stereocenters. The predicted molar refractivity (Wildman–Crippen MR) is 98.2 cm³/mol. The van der Waals surface area contributed by atoms with E-state index in [0.29, 0.717) is 17.3 Å². The molecule has 0 fully saturated rings. The van der Waals surface area contributed by atoms with Gasteiger partial charge in [0.25, 0.3) is 0 Å². The third-order valence-corrected chi connectivity index (χ3v) is 3.78. The van der Waals surface area contributed by atoms with Crippen molar-refractivity contribution in [2.75, 3.05) is 37.8 Å². The molecule has 1 aromatic carbocycles. The molecule has 2 aromatic rings. The second-order valence-corrected chi connectivity index (χ2v) is 6.56. The Bertz CT molecular complexity index is 750. The minimum atomic E-state index is -4.57. The molecule has 0 unspecified atom stereocenters. The second-order valence-electron chi connectivity index (χ2n) is 6.15. The van der Waals surface area contributed by atoms with Gasteiger partial charge in [0.1, 0.15) is 5.82 Å². The largest absolute Gasteiger partial charge is 0.433 e. The van der Waals surface area contributed by atoms with E-state index in [9.17, 15) is 13.2 Å². The van der Waals surface area contributed by atoms with Gasteiger partial charge in [-0.25, -0.2) is 4.98 Å². The fourth-order valence-corrected chi connectivity index (χ4v) is 2.47. The van der Waals surface area contributed by atoms with Crippen LogP contribution in [-0.2, 0) is 6.18 Å². The molecule has 0 aliphatic rings. The number of halogens is 4. The summed E-state index contributed by atoms with van der Waals surface area (Å²) in [6, 6.07) is 6.08. The molecule has 142 valence electrons. The Kier molecular flexibility index (Phi) is 6.66. The number of alkyl halides is 3. The van der Waals surface area contributed by atoms with Crippen LogP contribution < -0.4 is 10.6 Å². The Morgan fingerprint density at radius 1 is 1.15 bits per heavy atom. The van der Waals surface area contributed by atoms with Crippen molar-refractivity contribution in [3.05, 3.63) is 40.5 Å². The molecule has 0 saturated heterocycles. The lowest BCUT2D eigenvalue weighted by molar-refractivity contribution is -0.141. The molecule has 1 heterocycles. The van der Waals surface area contributed by atoms with Crippen LogP contribution in [0.2, 0.25) is 5.02 Å². The third kappa shape index (κ3) is 6.03. The van der Waals surface area contributed by atoms with Crippen molar-refractivity contribution in [3.63, 3.8) is 0 Å². The molecule has 2 rings (SSSR count). The summed E-state index contributed by atoms with van der Waals surface area (Å²) in [7, 11) is 3.85. The van der Waals surface area contributed by atoms with E-state index in [1.165, 1.54) is 0 Å². The highest BCUT2D eigenvalue weighted by atomic mass is 35.5. The number of anilines is 3. The first kappa shape index (κ1) is 20.3. The van der Waals surface area contributed by atoms with Gasteiger partial charge in [0.15, 0.2) is 5.69 Å². The average molecular weight is 388 g/mol. The van der Waals surface area contributed by atoms with E-state index in [4.69, 9.17) is 11.6 Å². The molecule has 9 heteroatoms. The predicted octanol–water partition coefficient (Wildman–Crippen LogP) is 4.56. The summed E-state index contributed by atoms with van der Waals surface area (Å²) in [5.41, 5.74) is 0.401. The lowest BCUT2D eigenvalue weighted by Crippen LogP contribution is -2.18. The van der Waals surface area contributed by atoms with Crippen molar-refractivity contribution in [1.29, 1.82) is 0 Å². The maximum atomic E-state index is 13.1. The van der Waals surface area contributed by atoms with E-state index in [1.54, 1.807) is 18.2 Å². The van der Waals surface area contributed by atoms with Crippen molar-refractivity contribution in [2.24, 2.45) is 0 Å². The molecule has 0 aliphatic carbocycles. The van der Waals surface area contributed by atoms with Crippen LogP contribution >= 0.6 is 11.6 Å². The Morgan fingerprint density at radius 2 is 1.88 bits per heavy atom. The zero-order valence-corrected chi connectivity index (χ0v) is 15.5. The monoisotopic (exact) mass is 387 g/mol. The highest BCUT2D eigenvalue weighted by Crippen LogP contribution is 2.31. The summed E-state index contributed by atoms with van der Waals surface area (Å²) < 4.78 is 39.4. The molecule has 2 N–H and O–H groups in total. The fourth-order valence-electron chi connectivity index (χ4n) is 2.19. The molecule has 0 radical (unpaired) electrons. The number of hydrogen-bond acceptors (Lipinski definition) is 5. The summed E-state index contributed by atoms with van der Waals surface area (Å²) in [5.74, 6) is -0.0579. The van der Waals surface area contributed by atoms with E-state index in [1.807, 2.05) is 25.9 Å². The summed E-state index contributed by atoms with van der Waals surface area (Å²) in [4.78, 5) is 9.67. The van der Waals surface area contributed by atoms with E-state index in [0.717, 1.165) is 24.6 Å². The Morgan fingerprint density at radius 3 is 2.50 bits per heavy atom. The van der Waals surface area contributed by atoms with Gasteiger partial charge in [0.2, 0.25) is 5.95 Å². The number of benzene rings is 1. The Labute approximate surface area is 155 Å². The van der Waals surface area contributed by atoms with Gasteiger partial charge in [-0.3, -0.25) is 0 Å². The van der Waals surface area contributed by atoms with Crippen LogP contribution in [0.4, 0.5) is 30.6 Å². The standard InChI is InChI=1S/C17H21ClF3N5/c1-11-5-6-13(12(18)9-11)23-15-10-14(17(19,20)21)24-16(25-15)22-7-4-8-26(2)3/h5-6,9-10H,4,7-8H2,1-3H3,(H2,22,23,24,25). The highest BCUT2D eigenvalue weighted by molar-refractivity contribution is 6.33. The Hall–Kier alpha value is -2.06. The molecule has 26 heavy (non-hydrogen) atoms. The van der Waals surface area contributed by atoms with E-state index >= 15 is 0 Å². The summed E-state index contributed by atoms with van der Waals surface area (Å²) in [5, 5.41) is 6.07. The maximum absolute atomic E-state index is 13.1. The van der Waals surface area contributed by atoms with Gasteiger partial charge in [-0.1, -0.05) is 17.7 Å². The molecular formula is C17H21ClF3N5. The smallest absolute Gasteiger partial charge is 0.354 e. The molecule has 0 spiro atoms. The first-order valence-electron chi connectivity index (χ1n) is 8.03. The number of nitrogens with one attached hydrogen (secondary N) is 2. The summed E-state index contributed by atoms with van der Waals surface area (Å²) in [6.45, 7) is 3.14. The van der Waals surface area contributed by atoms with E-state index in [-0.39, 0.29) is 11.8 Å². The molecule has 0 amide bonds. The van der Waals surface area contributed by atoms with Crippen LogP contribution in [0.15, 0.2) is 24.3 Å². The van der Waals surface area contributed by atoms with Gasteiger partial charge >= 0.3 is 6.18 Å². The van der Waals surface area contributed by atoms with Gasteiger partial charge in [-0.05, 0) is 51.7 Å². The van der Waals surface area contributed by atoms with Crippen molar-refractivity contribution in [3.8, 4) is 0 Å². The first-order chi connectivity index (χ1) is 12.1. The molecule has 0 bridgehead atoms. The molecule has 5 nitrogen and oxygen atoms in total. The van der Waals surface area contributed by atoms with Crippen molar-refractivity contribution in [2.45, 2.75) is 19.5 Å². The van der Waals surface area contributed by atoms with Crippen LogP contribution in [0.1, 0.15) is 17.7 Å². The minimum Gasteiger partial charge on any atom is -0.354 e. The number of nitrogens with zero attached hydrogens (tertiary/aromatic N) is 3. The average Bonchev–Trinajstić information content (AvgIpc) is 2.53. The zero-order valence-electron chi connectivity index (χ0n) is 14.8. The van der Waals surface area contributed by atoms with Crippen molar-refractivity contribution >= 4 is 29.1 Å². The second kappa shape index (κ2) is 8.55. The van der Waals surface area contributed by atoms with Crippen LogP contribution in [-0.4, -0.2) is 42.1 Å². The van der Waals surface area contributed by atoms with E-state index < -0.39 is 11.9 Å². The van der Waals surface area contributed by atoms with Gasteiger partial charge < -0.3 is 15.5 Å². The van der Waals surface area contributed by atoms with Crippen LogP contribution in [0.5, 0.6) is 0 Å². The number of aryl methyl sites for hydroxylation is 1. The van der Waals surface area contributed by atoms with Crippen LogP contribution in [0, 0.1) is 6.92 Å². The van der Waals surface area contributed by atoms with Crippen molar-refractivity contribution in [1.82, 2.24) is 14.9 Å². The number of hydrogen-bond donors (Lipinski definition) is 2. The van der Waals surface area contributed by atoms with Crippen LogP contribution in [0.25, 0.3) is 0 Å². The fraction of sp³-hybridized carbons (Fsp3) is 0.412. The Balaban J connectivity index is 2.22. The minimum absolute atomic E-state index is 0.0215. The lowest BCUT2D eigenvalue weighted by atomic mass is 10.2. The quantitative estimate of drug-likeness (QED) is 0.682. The van der Waals surface area contributed by atoms with Gasteiger partial charge in [-0.15, -0.1) is 0 Å². The maximum Gasteiger partial charge on any atom is 0.433 e. The topological polar surface area (TPSA) is 53.1 Å². The molecule has 0 aliphatic heterocycles. The summed E-state index contributed by atoms with van der Waals surface area (Å²) >= 11 is 6.13. The molecular weight excluding hydrogens is 367 g/mol. The zero-order chi connectivity index (χ0) is 19.3. The van der Waals surface area contributed by atoms with Gasteiger partial charge in [0, 0.05) is 12.6 Å². The molecule has 0 saturated carbocycles. The van der Waals surface area contributed by atoms with Gasteiger partial charge in [0.05, 0.1) is 10.7 Å². The van der Waals surface area contributed by atoms with Crippen LogP contribution in [0.3, 0.4) is 0 Å². The first-order valence-corrected chi connectivity index (χ1v) is 8.41. The van der Waals surface area contributed by atoms with Crippen molar-refractivity contribution < 1.29 is 13.2 Å². The third-order valence-electron chi connectivity index (χ3n) is 3.47. The normalized spacial score (nSPS) is 11.7. The highest BCUT2D eigenvalue weighted by Gasteiger charge is 2.33. The van der Waals surface area contributed by atoms with E-state index in [2.05, 4.69) is 20.6 Å². The number of rotatable bonds is 7. The lowest BCUT2D eigenvalue weighted by Gasteiger charge is -2.14. The summed E-state index contributed by atoms with van der Waals surface area (Å²) in [6.07, 6.45) is -3.82.